The van der Waals surface area contributed by atoms with E-state index in [1.807, 2.05) is 26.2 Å². The lowest BCUT2D eigenvalue weighted by Gasteiger charge is -2.24. The Hall–Kier alpha value is -2.35. The Kier molecular flexibility index (Phi) is 7.64. The van der Waals surface area contributed by atoms with Gasteiger partial charge in [0.25, 0.3) is 11.8 Å². The molecule has 0 N–H and O–H groups in total. The Morgan fingerprint density at radius 3 is 2.12 bits per heavy atom. The van der Waals surface area contributed by atoms with Crippen LogP contribution in [0.2, 0.25) is 10.0 Å². The number of thioether (sulfide) groups is 1. The molecule has 1 heterocycles. The van der Waals surface area contributed by atoms with Crippen LogP contribution in [0.5, 0.6) is 0 Å². The van der Waals surface area contributed by atoms with Gasteiger partial charge in [-0.25, -0.2) is 4.79 Å². The van der Waals surface area contributed by atoms with E-state index in [0.29, 0.717) is 11.3 Å². The minimum Gasteiger partial charge on any atom is -0.456 e. The van der Waals surface area contributed by atoms with E-state index in [0.717, 1.165) is 16.0 Å². The van der Waals surface area contributed by atoms with Crippen LogP contribution in [0.1, 0.15) is 48.6 Å². The Morgan fingerprint density at radius 2 is 1.59 bits per heavy atom. The number of halogens is 2. The smallest absolute Gasteiger partial charge is 0.329 e. The second kappa shape index (κ2) is 10.1. The summed E-state index contributed by atoms with van der Waals surface area (Å²) in [5.74, 6) is -1.98. The van der Waals surface area contributed by atoms with E-state index in [1.54, 1.807) is 12.1 Å². The second-order valence-electron chi connectivity index (χ2n) is 7.42. The van der Waals surface area contributed by atoms with Crippen LogP contribution in [0, 0.1) is 13.8 Å². The molecule has 1 aliphatic rings. The molecule has 0 fully saturated rings. The van der Waals surface area contributed by atoms with Crippen LogP contribution in [0.25, 0.3) is 0 Å². The molecular weight excluding hydrogens is 473 g/mol. The lowest BCUT2D eigenvalue weighted by atomic mass is 10.0. The summed E-state index contributed by atoms with van der Waals surface area (Å²) in [5, 5.41) is 0.270. The van der Waals surface area contributed by atoms with E-state index in [1.165, 1.54) is 23.9 Å². The fraction of sp³-hybridized carbons (Fsp3) is 0.304. The van der Waals surface area contributed by atoms with Crippen LogP contribution < -0.4 is 0 Å². The normalized spacial score (nSPS) is 13.8. The summed E-state index contributed by atoms with van der Waals surface area (Å²) in [4.78, 5) is 52.1. The number of Topliss-reactive ketones (excluding diaryl/α,β-unsaturated/α-hetero) is 1. The largest absolute Gasteiger partial charge is 0.456 e. The predicted octanol–water partition coefficient (Wildman–Crippen LogP) is 4.75. The number of aryl methyl sites for hydroxylation is 2. The van der Waals surface area contributed by atoms with Crippen molar-refractivity contribution in [3.8, 4) is 0 Å². The van der Waals surface area contributed by atoms with Crippen molar-refractivity contribution >= 4 is 58.5 Å². The second-order valence-corrected chi connectivity index (χ2v) is 9.22. The molecule has 0 spiro atoms. The lowest BCUT2D eigenvalue weighted by Crippen LogP contribution is -2.46. The van der Waals surface area contributed by atoms with Crippen molar-refractivity contribution in [3.05, 3.63) is 68.2 Å². The molecule has 0 aromatic heterocycles. The minimum atomic E-state index is -1.17. The lowest BCUT2D eigenvalue weighted by molar-refractivity contribution is -0.147. The SMILES string of the molecule is CSCC[C@@H](C(=O)OCC(=O)c1ccc(C)c(C)c1)N1C(=O)c2cc(Cl)c(Cl)cc2C1=O. The maximum Gasteiger partial charge on any atom is 0.329 e. The molecule has 3 rings (SSSR count). The average molecular weight is 494 g/mol. The molecule has 2 aromatic rings. The van der Waals surface area contributed by atoms with Crippen LogP contribution >= 0.6 is 35.0 Å². The van der Waals surface area contributed by atoms with Gasteiger partial charge in [-0.1, -0.05) is 35.3 Å². The standard InChI is InChI=1S/C23H21Cl2NO5S/c1-12-4-5-14(8-13(12)2)20(27)11-31-23(30)19(6-7-32-3)26-21(28)15-9-17(24)18(25)10-16(15)22(26)29/h4-5,8-10,19H,6-7,11H2,1-3H3/t19-/m0/s1. The summed E-state index contributed by atoms with van der Waals surface area (Å²) >= 11 is 13.4. The van der Waals surface area contributed by atoms with Crippen LogP contribution in [-0.4, -0.2) is 53.1 Å². The number of fused-ring (bicyclic) bond motifs is 1. The van der Waals surface area contributed by atoms with Crippen molar-refractivity contribution in [3.63, 3.8) is 0 Å². The number of carbonyl (C=O) groups is 4. The molecule has 32 heavy (non-hydrogen) atoms. The van der Waals surface area contributed by atoms with Gasteiger partial charge in [0, 0.05) is 5.56 Å². The number of rotatable bonds is 8. The molecule has 9 heteroatoms. The van der Waals surface area contributed by atoms with Crippen molar-refractivity contribution in [2.24, 2.45) is 0 Å². The van der Waals surface area contributed by atoms with Crippen molar-refractivity contribution < 1.29 is 23.9 Å². The fourth-order valence-electron chi connectivity index (χ4n) is 3.35. The maximum atomic E-state index is 12.9. The summed E-state index contributed by atoms with van der Waals surface area (Å²) in [6.45, 7) is 3.33. The zero-order chi connectivity index (χ0) is 23.6. The molecule has 0 saturated carbocycles. The van der Waals surface area contributed by atoms with E-state index < -0.39 is 30.4 Å². The van der Waals surface area contributed by atoms with Crippen LogP contribution in [0.4, 0.5) is 0 Å². The summed E-state index contributed by atoms with van der Waals surface area (Å²) in [7, 11) is 0. The zero-order valence-electron chi connectivity index (χ0n) is 17.7. The van der Waals surface area contributed by atoms with Gasteiger partial charge in [0.2, 0.25) is 0 Å². The van der Waals surface area contributed by atoms with E-state index in [9.17, 15) is 19.2 Å². The number of nitrogens with zero attached hydrogens (tertiary/aromatic N) is 1. The van der Waals surface area contributed by atoms with Crippen LogP contribution in [0.15, 0.2) is 30.3 Å². The van der Waals surface area contributed by atoms with Gasteiger partial charge in [-0.15, -0.1) is 0 Å². The number of amides is 2. The molecule has 2 amide bonds. The molecule has 0 saturated heterocycles. The van der Waals surface area contributed by atoms with E-state index >= 15 is 0 Å². The molecule has 1 aliphatic heterocycles. The quantitative estimate of drug-likeness (QED) is 0.299. The summed E-state index contributed by atoms with van der Waals surface area (Å²) in [6.07, 6.45) is 2.03. The molecule has 6 nitrogen and oxygen atoms in total. The highest BCUT2D eigenvalue weighted by molar-refractivity contribution is 7.98. The van der Waals surface area contributed by atoms with Gasteiger partial charge in [0.15, 0.2) is 12.4 Å². The van der Waals surface area contributed by atoms with Gasteiger partial charge in [0.05, 0.1) is 21.2 Å². The van der Waals surface area contributed by atoms with E-state index in [2.05, 4.69) is 0 Å². The van der Waals surface area contributed by atoms with E-state index in [4.69, 9.17) is 27.9 Å². The zero-order valence-corrected chi connectivity index (χ0v) is 20.1. The third-order valence-corrected chi connectivity index (χ3v) is 6.68. The highest BCUT2D eigenvalue weighted by atomic mass is 35.5. The number of esters is 1. The van der Waals surface area contributed by atoms with Crippen molar-refractivity contribution in [2.45, 2.75) is 26.3 Å². The van der Waals surface area contributed by atoms with Crippen molar-refractivity contribution in [2.75, 3.05) is 18.6 Å². The third-order valence-electron chi connectivity index (χ3n) is 5.31. The Labute approximate surface area is 200 Å². The highest BCUT2D eigenvalue weighted by Crippen LogP contribution is 2.33. The number of hydrogen-bond acceptors (Lipinski definition) is 6. The molecule has 0 unspecified atom stereocenters. The summed E-state index contributed by atoms with van der Waals surface area (Å²) in [6, 6.07) is 6.69. The van der Waals surface area contributed by atoms with Gasteiger partial charge < -0.3 is 4.74 Å². The van der Waals surface area contributed by atoms with E-state index in [-0.39, 0.29) is 33.4 Å². The fourth-order valence-corrected chi connectivity index (χ4v) is 4.13. The number of benzene rings is 2. The van der Waals surface area contributed by atoms with Crippen LogP contribution in [0.3, 0.4) is 0 Å². The number of carbonyl (C=O) groups excluding carboxylic acids is 4. The van der Waals surface area contributed by atoms with Gasteiger partial charge >= 0.3 is 5.97 Å². The third kappa shape index (κ3) is 4.85. The number of imide groups is 1. The minimum absolute atomic E-state index is 0.0811. The molecule has 1 atom stereocenters. The Bertz CT molecular complexity index is 1080. The predicted molar refractivity (Wildman–Crippen MR) is 125 cm³/mol. The Balaban J connectivity index is 1.79. The average Bonchev–Trinajstić information content (AvgIpc) is 2.99. The molecule has 0 bridgehead atoms. The first kappa shape index (κ1) is 24.3. The first-order valence-electron chi connectivity index (χ1n) is 9.78. The molecule has 0 radical (unpaired) electrons. The summed E-state index contributed by atoms with van der Waals surface area (Å²) < 4.78 is 5.25. The van der Waals surface area contributed by atoms with Crippen molar-refractivity contribution in [1.29, 1.82) is 0 Å². The first-order valence-corrected chi connectivity index (χ1v) is 11.9. The van der Waals surface area contributed by atoms with Crippen molar-refractivity contribution in [1.82, 2.24) is 4.90 Å². The summed E-state index contributed by atoms with van der Waals surface area (Å²) in [5.41, 5.74) is 2.58. The van der Waals surface area contributed by atoms with Gasteiger partial charge in [-0.3, -0.25) is 19.3 Å². The van der Waals surface area contributed by atoms with Gasteiger partial charge in [0.1, 0.15) is 6.04 Å². The molecule has 0 aliphatic carbocycles. The van der Waals surface area contributed by atoms with Crippen LogP contribution in [-0.2, 0) is 9.53 Å². The highest BCUT2D eigenvalue weighted by Gasteiger charge is 2.43. The van der Waals surface area contributed by atoms with Gasteiger partial charge in [-0.2, -0.15) is 11.8 Å². The molecule has 168 valence electrons. The first-order chi connectivity index (χ1) is 15.1. The Morgan fingerprint density at radius 1 is 1.00 bits per heavy atom. The molecular formula is C23H21Cl2NO5S. The number of hydrogen-bond donors (Lipinski definition) is 0. The topological polar surface area (TPSA) is 80.8 Å². The maximum absolute atomic E-state index is 12.9. The molecule has 2 aromatic carbocycles. The monoisotopic (exact) mass is 493 g/mol. The number of ketones is 1. The van der Waals surface area contributed by atoms with Gasteiger partial charge in [-0.05, 0) is 61.6 Å². The number of ether oxygens (including phenoxy) is 1.